The Morgan fingerprint density at radius 1 is 1.09 bits per heavy atom. The van der Waals surface area contributed by atoms with E-state index in [1.54, 1.807) is 24.3 Å². The maximum Gasteiger partial charge on any atom is 0.335 e. The van der Waals surface area contributed by atoms with Gasteiger partial charge in [0, 0.05) is 42.5 Å². The zero-order valence-corrected chi connectivity index (χ0v) is 26.3. The van der Waals surface area contributed by atoms with Crippen LogP contribution in [0.3, 0.4) is 0 Å². The van der Waals surface area contributed by atoms with Gasteiger partial charge in [0.1, 0.15) is 18.3 Å². The highest BCUT2D eigenvalue weighted by Crippen LogP contribution is 2.38. The number of aromatic nitrogens is 3. The number of hydrogen-bond acceptors (Lipinski definition) is 8. The molecule has 11 heteroatoms. The Labute approximate surface area is 272 Å². The second kappa shape index (κ2) is 13.0. The van der Waals surface area contributed by atoms with Crippen molar-refractivity contribution in [1.82, 2.24) is 19.4 Å². The van der Waals surface area contributed by atoms with Gasteiger partial charge in [0.25, 0.3) is 0 Å². The fourth-order valence-corrected chi connectivity index (χ4v) is 7.29. The molecule has 10 nitrogen and oxygen atoms in total. The van der Waals surface area contributed by atoms with Gasteiger partial charge in [-0.1, -0.05) is 17.7 Å². The summed E-state index contributed by atoms with van der Waals surface area (Å²) in [5.41, 5.74) is 5.67. The van der Waals surface area contributed by atoms with Crippen LogP contribution in [-0.4, -0.2) is 82.7 Å². The third-order valence-corrected chi connectivity index (χ3v) is 10.2. The molecular weight excluding hydrogens is 603 g/mol. The molecule has 1 aromatic carbocycles. The third kappa shape index (κ3) is 6.25. The molecule has 0 spiro atoms. The maximum atomic E-state index is 14.9. The number of halogens is 1. The van der Waals surface area contributed by atoms with Crippen molar-refractivity contribution in [3.05, 3.63) is 88.2 Å². The molecule has 3 saturated heterocycles. The summed E-state index contributed by atoms with van der Waals surface area (Å²) in [5.74, 6) is 1.04. The van der Waals surface area contributed by atoms with Crippen LogP contribution in [0.4, 0.5) is 4.39 Å². The Bertz CT molecular complexity index is 1770. The van der Waals surface area contributed by atoms with Crippen LogP contribution in [0.15, 0.2) is 65.5 Å². The van der Waals surface area contributed by atoms with Gasteiger partial charge < -0.3 is 28.6 Å². The molecule has 0 radical (unpaired) electrons. The lowest BCUT2D eigenvalue weighted by Gasteiger charge is -2.37. The van der Waals surface area contributed by atoms with Crippen molar-refractivity contribution in [2.45, 2.75) is 51.0 Å². The summed E-state index contributed by atoms with van der Waals surface area (Å²) < 4.78 is 40.3. The summed E-state index contributed by atoms with van der Waals surface area (Å²) in [4.78, 5) is 24.0. The highest BCUT2D eigenvalue weighted by atomic mass is 19.1. The Morgan fingerprint density at radius 2 is 1.98 bits per heavy atom. The largest absolute Gasteiger partial charge is 0.478 e. The van der Waals surface area contributed by atoms with Crippen molar-refractivity contribution in [2.75, 3.05) is 46.1 Å². The number of ether oxygens (including phenoxy) is 4. The first-order valence-electron chi connectivity index (χ1n) is 16.6. The molecule has 1 N–H and O–H groups in total. The zero-order chi connectivity index (χ0) is 31.9. The predicted molar refractivity (Wildman–Crippen MR) is 171 cm³/mol. The number of piperidine rings is 1. The molecule has 1 aliphatic carbocycles. The number of carboxylic acid groups (broad SMARTS) is 1. The van der Waals surface area contributed by atoms with Gasteiger partial charge in [0.15, 0.2) is 0 Å². The molecule has 6 heterocycles. The number of rotatable bonds is 9. The van der Waals surface area contributed by atoms with Crippen LogP contribution < -0.4 is 4.74 Å². The second-order valence-electron chi connectivity index (χ2n) is 13.2. The molecule has 0 amide bonds. The first-order chi connectivity index (χ1) is 23.0. The standard InChI is InChI=1S/C36H39FN4O6/c37-30-6-3-22(27-19-45-20-27)1-2-24(30)21-47-34-8-5-25-17-44-18-26-14-40(11-9-29(26)35(25)39-34)16-33-38-31-7-4-23(36(42)43)13-32(31)41(33)15-28-10-12-46-28/h1-2,4-8,13,26-29H,3,9-12,14-21H2,(H,42,43). The molecule has 2 aromatic heterocycles. The topological polar surface area (TPSA) is 108 Å². The van der Waals surface area contributed by atoms with Crippen molar-refractivity contribution >= 4 is 17.0 Å². The fourth-order valence-electron chi connectivity index (χ4n) is 7.29. The predicted octanol–water partition coefficient (Wildman–Crippen LogP) is 5.19. The van der Waals surface area contributed by atoms with Crippen molar-refractivity contribution in [3.63, 3.8) is 0 Å². The first-order valence-corrected chi connectivity index (χ1v) is 16.6. The zero-order valence-electron chi connectivity index (χ0n) is 26.3. The van der Waals surface area contributed by atoms with Crippen molar-refractivity contribution < 1.29 is 33.2 Å². The molecule has 3 unspecified atom stereocenters. The number of aromatic carboxylic acids is 1. The van der Waals surface area contributed by atoms with E-state index in [-0.39, 0.29) is 35.9 Å². The van der Waals surface area contributed by atoms with Crippen LogP contribution >= 0.6 is 0 Å². The highest BCUT2D eigenvalue weighted by Gasteiger charge is 2.36. The van der Waals surface area contributed by atoms with Gasteiger partial charge in [-0.3, -0.25) is 4.90 Å². The van der Waals surface area contributed by atoms with E-state index in [0.29, 0.717) is 63.3 Å². The maximum absolute atomic E-state index is 14.9. The molecule has 246 valence electrons. The number of allylic oxidation sites excluding steroid dienone is 3. The molecule has 47 heavy (non-hydrogen) atoms. The number of nitrogens with zero attached hydrogens (tertiary/aromatic N) is 4. The fraction of sp³-hybridized carbons (Fsp3) is 0.472. The van der Waals surface area contributed by atoms with Gasteiger partial charge in [0.2, 0.25) is 5.88 Å². The number of likely N-dealkylation sites (tertiary alicyclic amines) is 1. The molecule has 3 aromatic rings. The summed E-state index contributed by atoms with van der Waals surface area (Å²) >= 11 is 0. The van der Waals surface area contributed by atoms with Gasteiger partial charge in [-0.05, 0) is 61.7 Å². The van der Waals surface area contributed by atoms with Crippen LogP contribution in [0.2, 0.25) is 0 Å². The number of fused-ring (bicyclic) bond motifs is 4. The van der Waals surface area contributed by atoms with Crippen molar-refractivity contribution in [1.29, 1.82) is 0 Å². The minimum atomic E-state index is -0.949. The van der Waals surface area contributed by atoms with Crippen LogP contribution in [0.5, 0.6) is 5.88 Å². The molecule has 4 aliphatic heterocycles. The quantitative estimate of drug-likeness (QED) is 0.338. The third-order valence-electron chi connectivity index (χ3n) is 10.2. The Balaban J connectivity index is 0.972. The number of carboxylic acids is 1. The highest BCUT2D eigenvalue weighted by molar-refractivity contribution is 5.92. The molecule has 0 bridgehead atoms. The van der Waals surface area contributed by atoms with Gasteiger partial charge in [-0.15, -0.1) is 0 Å². The Hall–Kier alpha value is -3.90. The lowest BCUT2D eigenvalue weighted by atomic mass is 9.82. The van der Waals surface area contributed by atoms with Crippen molar-refractivity contribution in [2.24, 2.45) is 11.8 Å². The van der Waals surface area contributed by atoms with E-state index in [9.17, 15) is 14.3 Å². The van der Waals surface area contributed by atoms with Gasteiger partial charge in [-0.2, -0.15) is 0 Å². The van der Waals surface area contributed by atoms with Crippen LogP contribution in [0, 0.1) is 11.8 Å². The summed E-state index contributed by atoms with van der Waals surface area (Å²) in [5, 5.41) is 9.59. The van der Waals surface area contributed by atoms with Crippen LogP contribution in [-0.2, 0) is 33.9 Å². The van der Waals surface area contributed by atoms with Crippen LogP contribution in [0.1, 0.15) is 52.6 Å². The molecule has 5 aliphatic rings. The Morgan fingerprint density at radius 3 is 2.77 bits per heavy atom. The number of carbonyl (C=O) groups is 1. The smallest absolute Gasteiger partial charge is 0.335 e. The molecule has 8 rings (SSSR count). The number of benzene rings is 1. The summed E-state index contributed by atoms with van der Waals surface area (Å²) in [6.45, 7) is 6.39. The Kier molecular flexibility index (Phi) is 8.39. The van der Waals surface area contributed by atoms with E-state index in [2.05, 4.69) is 9.47 Å². The average molecular weight is 643 g/mol. The van der Waals surface area contributed by atoms with E-state index in [4.69, 9.17) is 28.9 Å². The molecule has 3 atom stereocenters. The van der Waals surface area contributed by atoms with Gasteiger partial charge in [0.05, 0.1) is 67.9 Å². The van der Waals surface area contributed by atoms with E-state index < -0.39 is 5.97 Å². The summed E-state index contributed by atoms with van der Waals surface area (Å²) in [7, 11) is 0. The molecule has 3 fully saturated rings. The summed E-state index contributed by atoms with van der Waals surface area (Å²) in [6, 6.07) is 9.02. The number of hydrogen-bond donors (Lipinski definition) is 1. The van der Waals surface area contributed by atoms with Gasteiger partial charge >= 0.3 is 5.97 Å². The van der Waals surface area contributed by atoms with Gasteiger partial charge in [-0.25, -0.2) is 19.2 Å². The SMILES string of the molecule is O=C(O)c1ccc2nc(CN3CCC4c5nc(OCC6=CC=C(C7COC7)CC=C6F)ccc5COCC4C3)n(CC3CCO3)c2c1. The monoisotopic (exact) mass is 642 g/mol. The summed E-state index contributed by atoms with van der Waals surface area (Å²) in [6.07, 6.45) is 8.08. The number of pyridine rings is 1. The van der Waals surface area contributed by atoms with E-state index in [0.717, 1.165) is 60.7 Å². The molecular formula is C36H39FN4O6. The molecule has 0 saturated carbocycles. The lowest BCUT2D eigenvalue weighted by Crippen LogP contribution is -2.41. The van der Waals surface area contributed by atoms with E-state index >= 15 is 0 Å². The van der Waals surface area contributed by atoms with Crippen molar-refractivity contribution in [3.8, 4) is 5.88 Å². The van der Waals surface area contributed by atoms with Crippen LogP contribution in [0.25, 0.3) is 11.0 Å². The second-order valence-corrected chi connectivity index (χ2v) is 13.2. The first kappa shape index (κ1) is 30.4. The number of imidazole rings is 1. The minimum Gasteiger partial charge on any atom is -0.478 e. The van der Waals surface area contributed by atoms with E-state index in [1.807, 2.05) is 24.3 Å². The average Bonchev–Trinajstić information content (AvgIpc) is 3.12. The minimum absolute atomic E-state index is 0.109. The lowest BCUT2D eigenvalue weighted by molar-refractivity contribution is -0.0592. The van der Waals surface area contributed by atoms with E-state index in [1.165, 1.54) is 5.57 Å². The normalized spacial score (nSPS) is 24.9.